The van der Waals surface area contributed by atoms with Crippen LogP contribution in [0.2, 0.25) is 0 Å². The molecule has 0 saturated carbocycles. The highest BCUT2D eigenvalue weighted by Gasteiger charge is 2.27. The summed E-state index contributed by atoms with van der Waals surface area (Å²) in [7, 11) is -3.32. The molecule has 1 aromatic carbocycles. The minimum absolute atomic E-state index is 0.173. The fourth-order valence-corrected chi connectivity index (χ4v) is 5.08. The molecule has 1 saturated heterocycles. The van der Waals surface area contributed by atoms with Crippen LogP contribution in [-0.4, -0.2) is 51.1 Å². The van der Waals surface area contributed by atoms with Gasteiger partial charge in [-0.05, 0) is 55.2 Å². The highest BCUT2D eigenvalue weighted by Crippen LogP contribution is 2.31. The summed E-state index contributed by atoms with van der Waals surface area (Å²) < 4.78 is 25.1. The highest BCUT2D eigenvalue weighted by atomic mass is 32.2. The fourth-order valence-electron chi connectivity index (χ4n) is 4.12. The summed E-state index contributed by atoms with van der Waals surface area (Å²) in [6.45, 7) is 1.74. The summed E-state index contributed by atoms with van der Waals surface area (Å²) in [5, 5.41) is 2.82. The molecule has 3 heterocycles. The van der Waals surface area contributed by atoms with Crippen molar-refractivity contribution in [2.45, 2.75) is 19.3 Å². The van der Waals surface area contributed by atoms with Crippen LogP contribution in [0.25, 0.3) is 0 Å². The average molecular weight is 444 g/mol. The summed E-state index contributed by atoms with van der Waals surface area (Å²) >= 11 is 0. The van der Waals surface area contributed by atoms with E-state index in [1.165, 1.54) is 10.6 Å². The summed E-state index contributed by atoms with van der Waals surface area (Å²) in [5.74, 6) is -0.0137. The molecule has 31 heavy (non-hydrogen) atoms. The third kappa shape index (κ3) is 4.48. The zero-order valence-electron chi connectivity index (χ0n) is 17.2. The maximum Gasteiger partial charge on any atom is 0.255 e. The van der Waals surface area contributed by atoms with Gasteiger partial charge in [-0.1, -0.05) is 0 Å². The number of hydrogen-bond donors (Lipinski definition) is 2. The van der Waals surface area contributed by atoms with E-state index in [0.29, 0.717) is 36.4 Å². The quantitative estimate of drug-likeness (QED) is 0.719. The predicted molar refractivity (Wildman–Crippen MR) is 119 cm³/mol. The van der Waals surface area contributed by atoms with Crippen molar-refractivity contribution in [1.29, 1.82) is 0 Å². The standard InChI is InChI=1S/C21H25N5O4S/c1-31(29,30)26-10-8-14-11-15(4-6-18(14)26)21(28)24-17-5-7-19(23-12-17)25-9-2-3-16(13-25)20(22)27/h4-7,11-12,16H,2-3,8-10,13H2,1H3,(H2,22,27)(H,24,28). The molecule has 2 aromatic rings. The van der Waals surface area contributed by atoms with Crippen LogP contribution in [0.5, 0.6) is 0 Å². The molecule has 1 fully saturated rings. The molecule has 3 N–H and O–H groups in total. The zero-order chi connectivity index (χ0) is 22.2. The van der Waals surface area contributed by atoms with E-state index in [1.54, 1.807) is 30.5 Å². The maximum atomic E-state index is 12.7. The topological polar surface area (TPSA) is 126 Å². The van der Waals surface area contributed by atoms with Gasteiger partial charge >= 0.3 is 0 Å². The number of carbonyl (C=O) groups is 2. The molecule has 0 spiro atoms. The van der Waals surface area contributed by atoms with Crippen LogP contribution in [0.3, 0.4) is 0 Å². The van der Waals surface area contributed by atoms with Gasteiger partial charge in [0.1, 0.15) is 5.82 Å². The molecular formula is C21H25N5O4S. The van der Waals surface area contributed by atoms with Crippen LogP contribution >= 0.6 is 0 Å². The summed E-state index contributed by atoms with van der Waals surface area (Å²) in [5.41, 5.74) is 7.91. The van der Waals surface area contributed by atoms with Crippen molar-refractivity contribution in [2.24, 2.45) is 11.7 Å². The molecule has 0 bridgehead atoms. The summed E-state index contributed by atoms with van der Waals surface area (Å²) in [6.07, 6.45) is 5.00. The van der Waals surface area contributed by atoms with Crippen molar-refractivity contribution < 1.29 is 18.0 Å². The Balaban J connectivity index is 1.43. The number of nitrogens with zero attached hydrogens (tertiary/aromatic N) is 3. The minimum atomic E-state index is -3.32. The van der Waals surface area contributed by atoms with E-state index >= 15 is 0 Å². The van der Waals surface area contributed by atoms with Crippen molar-refractivity contribution in [3.63, 3.8) is 0 Å². The van der Waals surface area contributed by atoms with Gasteiger partial charge in [-0.25, -0.2) is 13.4 Å². The zero-order valence-corrected chi connectivity index (χ0v) is 18.1. The van der Waals surface area contributed by atoms with Crippen molar-refractivity contribution in [3.8, 4) is 0 Å². The second-order valence-electron chi connectivity index (χ2n) is 7.98. The maximum absolute atomic E-state index is 12.7. The lowest BCUT2D eigenvalue weighted by Gasteiger charge is -2.32. The van der Waals surface area contributed by atoms with Gasteiger partial charge in [-0.15, -0.1) is 0 Å². The van der Waals surface area contributed by atoms with Gasteiger partial charge in [0.15, 0.2) is 0 Å². The number of nitrogens with one attached hydrogen (secondary N) is 1. The Morgan fingerprint density at radius 3 is 2.68 bits per heavy atom. The Bertz CT molecular complexity index is 1120. The van der Waals surface area contributed by atoms with Crippen LogP contribution in [0.4, 0.5) is 17.2 Å². The average Bonchev–Trinajstić information content (AvgIpc) is 3.18. The van der Waals surface area contributed by atoms with Crippen LogP contribution in [0.1, 0.15) is 28.8 Å². The number of carbonyl (C=O) groups excluding carboxylic acids is 2. The number of primary amides is 1. The number of hydrogen-bond acceptors (Lipinski definition) is 6. The van der Waals surface area contributed by atoms with Crippen molar-refractivity contribution in [1.82, 2.24) is 4.98 Å². The number of rotatable bonds is 5. The Morgan fingerprint density at radius 2 is 2.00 bits per heavy atom. The van der Waals surface area contributed by atoms with E-state index in [4.69, 9.17) is 5.73 Å². The molecule has 2 amide bonds. The van der Waals surface area contributed by atoms with Gasteiger partial charge in [-0.3, -0.25) is 13.9 Å². The number of pyridine rings is 1. The molecule has 1 atom stereocenters. The second kappa shape index (κ2) is 8.18. The minimum Gasteiger partial charge on any atom is -0.369 e. The number of nitrogens with two attached hydrogens (primary N) is 1. The van der Waals surface area contributed by atoms with E-state index in [1.807, 2.05) is 11.0 Å². The van der Waals surface area contributed by atoms with Crippen LogP contribution in [0, 0.1) is 5.92 Å². The smallest absolute Gasteiger partial charge is 0.255 e. The first-order chi connectivity index (χ1) is 14.7. The van der Waals surface area contributed by atoms with E-state index in [9.17, 15) is 18.0 Å². The van der Waals surface area contributed by atoms with Gasteiger partial charge in [0.05, 0.1) is 29.7 Å². The van der Waals surface area contributed by atoms with Gasteiger partial charge in [0, 0.05) is 25.2 Å². The van der Waals surface area contributed by atoms with Gasteiger partial charge in [0.25, 0.3) is 5.91 Å². The first-order valence-electron chi connectivity index (χ1n) is 10.1. The molecule has 4 rings (SSSR count). The fraction of sp³-hybridized carbons (Fsp3) is 0.381. The Kier molecular flexibility index (Phi) is 5.57. The molecule has 1 aromatic heterocycles. The number of piperidine rings is 1. The number of sulfonamides is 1. The van der Waals surface area contributed by atoms with Gasteiger partial charge < -0.3 is 16.0 Å². The first-order valence-corrected chi connectivity index (χ1v) is 12.0. The lowest BCUT2D eigenvalue weighted by molar-refractivity contribution is -0.122. The summed E-state index contributed by atoms with van der Waals surface area (Å²) in [4.78, 5) is 30.6. The Hall–Kier alpha value is -3.14. The number of fused-ring (bicyclic) bond motifs is 1. The third-order valence-corrected chi connectivity index (χ3v) is 6.93. The van der Waals surface area contributed by atoms with Crippen molar-refractivity contribution in [2.75, 3.05) is 40.4 Å². The highest BCUT2D eigenvalue weighted by molar-refractivity contribution is 7.92. The molecule has 2 aliphatic heterocycles. The normalized spacial score (nSPS) is 18.5. The Morgan fingerprint density at radius 1 is 1.19 bits per heavy atom. The van der Waals surface area contributed by atoms with Gasteiger partial charge in [-0.2, -0.15) is 0 Å². The first kappa shape index (κ1) is 21.1. The number of aromatic nitrogens is 1. The molecule has 10 heteroatoms. The Labute approximate surface area is 181 Å². The second-order valence-corrected chi connectivity index (χ2v) is 9.88. The lowest BCUT2D eigenvalue weighted by Crippen LogP contribution is -2.41. The molecular weight excluding hydrogens is 418 g/mol. The van der Waals surface area contributed by atoms with E-state index in [0.717, 1.165) is 30.8 Å². The molecule has 9 nitrogen and oxygen atoms in total. The molecule has 0 aliphatic carbocycles. The summed E-state index contributed by atoms with van der Waals surface area (Å²) in [6, 6.07) is 8.61. The number of amides is 2. The molecule has 2 aliphatic rings. The van der Waals surface area contributed by atoms with Crippen molar-refractivity contribution in [3.05, 3.63) is 47.7 Å². The third-order valence-electron chi connectivity index (χ3n) is 5.75. The van der Waals surface area contributed by atoms with E-state index in [-0.39, 0.29) is 17.7 Å². The molecule has 164 valence electrons. The van der Waals surface area contributed by atoms with E-state index in [2.05, 4.69) is 10.3 Å². The number of anilines is 3. The largest absolute Gasteiger partial charge is 0.369 e. The molecule has 0 radical (unpaired) electrons. The monoisotopic (exact) mass is 443 g/mol. The predicted octanol–water partition coefficient (Wildman–Crippen LogP) is 1.36. The van der Waals surface area contributed by atoms with Crippen LogP contribution < -0.4 is 20.3 Å². The van der Waals surface area contributed by atoms with E-state index < -0.39 is 10.0 Å². The van der Waals surface area contributed by atoms with Gasteiger partial charge in [0.2, 0.25) is 15.9 Å². The van der Waals surface area contributed by atoms with Crippen molar-refractivity contribution >= 4 is 39.0 Å². The lowest BCUT2D eigenvalue weighted by atomic mass is 9.97. The van der Waals surface area contributed by atoms with Crippen LogP contribution in [-0.2, 0) is 21.2 Å². The molecule has 1 unspecified atom stereocenters. The SMILES string of the molecule is CS(=O)(=O)N1CCc2cc(C(=O)Nc3ccc(N4CCCC(C(N)=O)C4)nc3)ccc21. The number of benzene rings is 1. The van der Waals surface area contributed by atoms with Crippen LogP contribution in [0.15, 0.2) is 36.5 Å².